The molecule has 5 aromatic rings. The smallest absolute Gasteiger partial charge is 0.232 e. The predicted molar refractivity (Wildman–Crippen MR) is 313 cm³/mol. The van der Waals surface area contributed by atoms with Gasteiger partial charge in [-0.25, -0.2) is 16.8 Å². The van der Waals surface area contributed by atoms with Gasteiger partial charge in [-0.3, -0.25) is 9.44 Å². The molecule has 0 saturated carbocycles. The minimum absolute atomic E-state index is 0.0200. The Morgan fingerprint density at radius 2 is 0.958 bits per heavy atom. The second-order valence-corrected chi connectivity index (χ2v) is 23.8. The maximum absolute atomic E-state index is 14.1. The highest BCUT2D eigenvalue weighted by Gasteiger charge is 2.36. The number of unbranched alkanes of at least 4 members (excludes halogenated alkanes) is 10. The number of thiol groups is 1. The lowest BCUT2D eigenvalue weighted by atomic mass is 9.81. The molecule has 378 valence electrons. The molecular weight excluding hydrogens is 969 g/mol. The molecule has 2 aliphatic carbocycles. The Morgan fingerprint density at radius 1 is 0.528 bits per heavy atom. The topological polar surface area (TPSA) is 98.6 Å². The molecule has 0 saturated heterocycles. The molecule has 0 unspecified atom stereocenters. The van der Waals surface area contributed by atoms with Crippen molar-refractivity contribution in [1.82, 2.24) is 9.30 Å². The maximum Gasteiger partial charge on any atom is 0.232 e. The summed E-state index contributed by atoms with van der Waals surface area (Å²) in [5.74, 6) is -0.0400. The third kappa shape index (κ3) is 13.9. The van der Waals surface area contributed by atoms with Crippen LogP contribution in [0.15, 0.2) is 155 Å². The van der Waals surface area contributed by atoms with Crippen LogP contribution in [0.4, 0.5) is 34.1 Å². The van der Waals surface area contributed by atoms with Crippen molar-refractivity contribution in [2.24, 2.45) is 0 Å². The average Bonchev–Trinajstić information content (AvgIpc) is 3.35. The monoisotopic (exact) mass is 1040 g/mol. The number of thiocarbonyl (C=S) groups is 1. The first-order chi connectivity index (χ1) is 34.6. The molecule has 72 heavy (non-hydrogen) atoms. The lowest BCUT2D eigenvalue weighted by Crippen LogP contribution is -2.31. The Labute approximate surface area is 441 Å². The van der Waals surface area contributed by atoms with E-state index >= 15 is 0 Å². The number of benzene rings is 5. The first-order valence-electron chi connectivity index (χ1n) is 25.6. The third-order valence-electron chi connectivity index (χ3n) is 13.2. The fourth-order valence-electron chi connectivity index (χ4n) is 9.10. The molecule has 2 N–H and O–H groups in total. The van der Waals surface area contributed by atoms with Crippen LogP contribution in [0.2, 0.25) is 0 Å². The quantitative estimate of drug-likeness (QED) is 0.0187. The molecule has 5 aromatic carbocycles. The Morgan fingerprint density at radius 3 is 1.43 bits per heavy atom. The second kappa shape index (κ2) is 24.9. The van der Waals surface area contributed by atoms with E-state index in [2.05, 4.69) is 158 Å². The van der Waals surface area contributed by atoms with E-state index in [0.29, 0.717) is 56.3 Å². The number of allylic oxidation sites excluding steroid dienone is 5. The number of aryl methyl sites for hydroxylation is 4. The van der Waals surface area contributed by atoms with E-state index in [4.69, 9.17) is 24.8 Å². The van der Waals surface area contributed by atoms with E-state index in [1.165, 1.54) is 0 Å². The van der Waals surface area contributed by atoms with Gasteiger partial charge in [-0.2, -0.15) is 4.58 Å². The Hall–Kier alpha value is -5.53. The van der Waals surface area contributed by atoms with Crippen molar-refractivity contribution in [2.75, 3.05) is 21.1 Å². The number of nitrogens with one attached hydrogen (secondary N) is 2. The Bertz CT molecular complexity index is 3020. The molecule has 8 nitrogen and oxygen atoms in total. The van der Waals surface area contributed by atoms with Crippen LogP contribution in [0.5, 0.6) is 0 Å². The SMILES string of the molecule is CCCCCCCCS(=O)(=O)NC1=CC(=[N+](c2ccc(C)cc2)c2ccc(C)cc2)C=CC1=C1C(=S)C(c2ccc(N(c3ccc(C)cc3)c3ccc(C)cc3)cc2NS(=O)(=O)CCCCCCCC)=C1S. The van der Waals surface area contributed by atoms with Crippen LogP contribution in [0.25, 0.3) is 5.57 Å². The summed E-state index contributed by atoms with van der Waals surface area (Å²) in [5.41, 5.74) is 12.8. The number of nitrogens with zero attached hydrogens (tertiary/aromatic N) is 2. The lowest BCUT2D eigenvalue weighted by molar-refractivity contribution is 0.577. The highest BCUT2D eigenvalue weighted by atomic mass is 32.2. The molecule has 0 aromatic heterocycles. The Kier molecular flexibility index (Phi) is 18.8. The summed E-state index contributed by atoms with van der Waals surface area (Å²) in [7, 11) is -7.61. The number of sulfonamides is 2. The molecule has 0 atom stereocenters. The number of rotatable bonds is 24. The summed E-state index contributed by atoms with van der Waals surface area (Å²) in [6.45, 7) is 12.5. The van der Waals surface area contributed by atoms with Crippen LogP contribution in [0.3, 0.4) is 0 Å². The van der Waals surface area contributed by atoms with Gasteiger partial charge < -0.3 is 4.90 Å². The van der Waals surface area contributed by atoms with Crippen LogP contribution in [-0.4, -0.2) is 38.9 Å². The summed E-state index contributed by atoms with van der Waals surface area (Å²) in [4.78, 5) is 3.11. The summed E-state index contributed by atoms with van der Waals surface area (Å²) in [6.07, 6.45) is 17.2. The van der Waals surface area contributed by atoms with Crippen molar-refractivity contribution in [3.63, 3.8) is 0 Å². The molecule has 0 amide bonds. The molecule has 0 aliphatic heterocycles. The van der Waals surface area contributed by atoms with E-state index in [9.17, 15) is 16.8 Å². The highest BCUT2D eigenvalue weighted by molar-refractivity contribution is 7.92. The van der Waals surface area contributed by atoms with Crippen molar-refractivity contribution in [3.8, 4) is 0 Å². The van der Waals surface area contributed by atoms with E-state index < -0.39 is 20.0 Å². The van der Waals surface area contributed by atoms with Crippen LogP contribution >= 0.6 is 24.8 Å². The van der Waals surface area contributed by atoms with Gasteiger partial charge in [-0.15, -0.1) is 12.6 Å². The summed E-state index contributed by atoms with van der Waals surface area (Å²) in [6, 6.07) is 38.8. The molecule has 7 rings (SSSR count). The normalized spacial score (nSPS) is 14.8. The maximum atomic E-state index is 14.1. The molecule has 0 radical (unpaired) electrons. The summed E-state index contributed by atoms with van der Waals surface area (Å²) in [5, 5.41) is 0. The molecule has 2 aliphatic rings. The number of anilines is 4. The third-order valence-corrected chi connectivity index (χ3v) is 16.8. The van der Waals surface area contributed by atoms with Crippen molar-refractivity contribution in [3.05, 3.63) is 183 Å². The van der Waals surface area contributed by atoms with Crippen LogP contribution in [-0.2, 0) is 20.0 Å². The molecule has 12 heteroatoms. The van der Waals surface area contributed by atoms with E-state index in [-0.39, 0.29) is 11.5 Å². The van der Waals surface area contributed by atoms with Crippen molar-refractivity contribution >= 4 is 95.2 Å². The standard InChI is InChI=1S/C60H70N4O4S4/c1-7-9-11-13-15-17-39-71(65,66)61-55-41-51(63(47-27-19-43(3)20-28-47)48-29-21-44(4)22-30-48)35-37-53(55)57-59(69)58(60(57)70)54-38-36-52(42-56(54)62-72(67,68)40-18-16-14-12-10-8-2)64(49-31-23-45(5)24-32-49)50-33-25-46(6)26-34-50/h19-38,41-42H,7-18,39-40H2,1-6H3,(H2,61,62,69,70)/p+1. The van der Waals surface area contributed by atoms with E-state index in [0.717, 1.165) is 121 Å². The van der Waals surface area contributed by atoms with E-state index in [1.807, 2.05) is 36.4 Å². The van der Waals surface area contributed by atoms with Gasteiger partial charge in [0.05, 0.1) is 27.8 Å². The van der Waals surface area contributed by atoms with Gasteiger partial charge in [0.1, 0.15) is 0 Å². The van der Waals surface area contributed by atoms with Gasteiger partial charge in [0.15, 0.2) is 0 Å². The molecule has 0 spiro atoms. The minimum Gasteiger partial charge on any atom is -0.310 e. The minimum atomic E-state index is -3.80. The predicted octanol–water partition coefficient (Wildman–Crippen LogP) is 15.5. The first kappa shape index (κ1) is 54.2. The van der Waals surface area contributed by atoms with Gasteiger partial charge >= 0.3 is 0 Å². The number of hydrogen-bond donors (Lipinski definition) is 3. The summed E-state index contributed by atoms with van der Waals surface area (Å²) < 4.78 is 64.5. The van der Waals surface area contributed by atoms with E-state index in [1.54, 1.807) is 0 Å². The highest BCUT2D eigenvalue weighted by Crippen LogP contribution is 2.48. The van der Waals surface area contributed by atoms with Gasteiger partial charge in [-0.1, -0.05) is 167 Å². The Balaban J connectivity index is 1.35. The molecule has 0 bridgehead atoms. The van der Waals surface area contributed by atoms with Crippen LogP contribution in [0.1, 0.15) is 119 Å². The zero-order valence-electron chi connectivity index (χ0n) is 42.8. The van der Waals surface area contributed by atoms with Gasteiger partial charge in [0, 0.05) is 80.7 Å². The fourth-order valence-corrected chi connectivity index (χ4v) is 12.5. The fraction of sp³-hybridized carbons (Fsp3) is 0.333. The first-order valence-corrected chi connectivity index (χ1v) is 29.8. The van der Waals surface area contributed by atoms with Gasteiger partial charge in [0.25, 0.3) is 0 Å². The van der Waals surface area contributed by atoms with Gasteiger partial charge in [0.2, 0.25) is 37.1 Å². The van der Waals surface area contributed by atoms with Crippen molar-refractivity contribution in [1.29, 1.82) is 0 Å². The lowest BCUT2D eigenvalue weighted by Gasteiger charge is -2.32. The van der Waals surface area contributed by atoms with Crippen LogP contribution < -0.4 is 18.9 Å². The molecular formula is C60H71N4O4S4+. The van der Waals surface area contributed by atoms with Crippen molar-refractivity contribution < 1.29 is 16.8 Å². The second-order valence-electron chi connectivity index (χ2n) is 19.3. The van der Waals surface area contributed by atoms with Crippen LogP contribution in [0, 0.1) is 27.7 Å². The average molecular weight is 1040 g/mol. The zero-order valence-corrected chi connectivity index (χ0v) is 46.1. The molecule has 0 heterocycles. The molecule has 0 fully saturated rings. The van der Waals surface area contributed by atoms with Crippen molar-refractivity contribution in [2.45, 2.75) is 119 Å². The largest absolute Gasteiger partial charge is 0.310 e. The zero-order chi connectivity index (χ0) is 51.4. The summed E-state index contributed by atoms with van der Waals surface area (Å²) >= 11 is 11.5. The number of hydrogen-bond acceptors (Lipinski definition) is 7. The van der Waals surface area contributed by atoms with Gasteiger partial charge in [-0.05, 0) is 83.0 Å².